The van der Waals surface area contributed by atoms with E-state index in [2.05, 4.69) is 10.00 Å². The molecule has 2 fully saturated rings. The van der Waals surface area contributed by atoms with Gasteiger partial charge in [-0.2, -0.15) is 17.7 Å². The molecule has 4 rings (SSSR count). The number of esters is 1. The van der Waals surface area contributed by atoms with Crippen LogP contribution in [0, 0.1) is 11.7 Å². The number of likely N-dealkylation sites (tertiary alicyclic amines) is 1. The fourth-order valence-electron chi connectivity index (χ4n) is 4.31. The van der Waals surface area contributed by atoms with Crippen LogP contribution in [0.2, 0.25) is 0 Å². The molecule has 1 saturated heterocycles. The fourth-order valence-corrected chi connectivity index (χ4v) is 4.58. The van der Waals surface area contributed by atoms with Gasteiger partial charge in [-0.1, -0.05) is 18.2 Å². The molecule has 1 aliphatic carbocycles. The number of ketones is 1. The van der Waals surface area contributed by atoms with Crippen molar-refractivity contribution in [1.82, 2.24) is 14.7 Å². The minimum absolute atomic E-state index is 0.0181. The van der Waals surface area contributed by atoms with E-state index in [0.29, 0.717) is 24.3 Å². The second-order valence-electron chi connectivity index (χ2n) is 10.1. The molecule has 1 saturated carbocycles. The number of piperidine rings is 1. The fraction of sp³-hybridized carbons (Fsp3) is 0.500. The lowest BCUT2D eigenvalue weighted by Crippen LogP contribution is -2.42. The largest absolute Gasteiger partial charge is 0.459 e. The Kier molecular flexibility index (Phi) is 7.28. The number of Topliss-reactive ketones (excluding diaryl/α,β-unsaturated/α-hetero) is 1. The smallest absolute Gasteiger partial charge is 0.328 e. The van der Waals surface area contributed by atoms with E-state index in [1.165, 1.54) is 6.07 Å². The zero-order chi connectivity index (χ0) is 24.5. The van der Waals surface area contributed by atoms with E-state index < -0.39 is 11.6 Å². The molecule has 0 N–H and O–H groups in total. The zero-order valence-electron chi connectivity index (χ0n) is 19.9. The van der Waals surface area contributed by atoms with Crippen molar-refractivity contribution in [3.8, 4) is 0 Å². The van der Waals surface area contributed by atoms with E-state index in [1.54, 1.807) is 29.1 Å². The van der Waals surface area contributed by atoms with Crippen LogP contribution in [0.3, 0.4) is 0 Å². The van der Waals surface area contributed by atoms with Crippen molar-refractivity contribution in [3.05, 3.63) is 59.2 Å². The van der Waals surface area contributed by atoms with E-state index in [4.69, 9.17) is 17.4 Å². The molecule has 182 valence electrons. The molecule has 1 aromatic heterocycles. The first kappa shape index (κ1) is 24.7. The van der Waals surface area contributed by atoms with Gasteiger partial charge in [-0.25, -0.2) is 4.39 Å². The zero-order valence-corrected chi connectivity index (χ0v) is 20.8. The number of benzene rings is 1. The highest BCUT2D eigenvalue weighted by molar-refractivity contribution is 7.81. The summed E-state index contributed by atoms with van der Waals surface area (Å²) < 4.78 is 21.6. The van der Waals surface area contributed by atoms with E-state index in [9.17, 15) is 14.0 Å². The van der Waals surface area contributed by atoms with Gasteiger partial charge in [-0.05, 0) is 63.8 Å². The number of halogens is 1. The Hall–Kier alpha value is -2.45. The van der Waals surface area contributed by atoms with E-state index in [-0.39, 0.29) is 35.3 Å². The molecule has 34 heavy (non-hydrogen) atoms. The van der Waals surface area contributed by atoms with Crippen LogP contribution >= 0.6 is 12.6 Å². The number of carbonyl (C=O) groups excluding carboxylic acids is 2. The van der Waals surface area contributed by atoms with Crippen LogP contribution in [-0.2, 0) is 20.9 Å². The molecule has 8 heteroatoms. The molecule has 2 atom stereocenters. The Morgan fingerprint density at radius 3 is 2.65 bits per heavy atom. The summed E-state index contributed by atoms with van der Waals surface area (Å²) in [6.07, 6.45) is 6.20. The molecule has 2 aliphatic rings. The van der Waals surface area contributed by atoms with Gasteiger partial charge in [0.05, 0.1) is 11.7 Å². The molecule has 0 radical (unpaired) electrons. The van der Waals surface area contributed by atoms with Gasteiger partial charge in [-0.3, -0.25) is 19.2 Å². The van der Waals surface area contributed by atoms with Crippen LogP contribution in [0.25, 0.3) is 6.08 Å². The molecular weight excluding hydrogens is 453 g/mol. The van der Waals surface area contributed by atoms with Gasteiger partial charge >= 0.3 is 5.97 Å². The third kappa shape index (κ3) is 6.16. The van der Waals surface area contributed by atoms with Crippen molar-refractivity contribution in [2.75, 3.05) is 13.1 Å². The second-order valence-corrected chi connectivity index (χ2v) is 10.7. The average molecular weight is 486 g/mol. The Balaban J connectivity index is 1.52. The van der Waals surface area contributed by atoms with Gasteiger partial charge in [0, 0.05) is 36.0 Å². The number of hydrogen-bond acceptors (Lipinski definition) is 6. The maximum Gasteiger partial charge on any atom is 0.328 e. The van der Waals surface area contributed by atoms with Gasteiger partial charge in [0.15, 0.2) is 5.78 Å². The molecule has 1 aromatic carbocycles. The standard InChI is InChI=1S/C26H32FN3O3S/c1-26(2,3)33-23(31)16-30-13-10-19(28-30)14-18-15-29(12-11-22(18)34)24(25(32)17-8-9-17)20-6-4-5-7-21(20)27/h4-7,10,13-14,17,22,24,34H,8-9,11-12,15-16H2,1-3H3/b18-14-. The van der Waals surface area contributed by atoms with Crippen LogP contribution in [-0.4, -0.2) is 50.4 Å². The summed E-state index contributed by atoms with van der Waals surface area (Å²) in [5.74, 6) is -0.573. The quantitative estimate of drug-likeness (QED) is 0.463. The first-order chi connectivity index (χ1) is 16.1. The Labute approximate surface area is 205 Å². The first-order valence-electron chi connectivity index (χ1n) is 11.8. The highest BCUT2D eigenvalue weighted by atomic mass is 32.1. The number of nitrogens with zero attached hydrogens (tertiary/aromatic N) is 3. The van der Waals surface area contributed by atoms with Crippen LogP contribution in [0.1, 0.15) is 57.3 Å². The summed E-state index contributed by atoms with van der Waals surface area (Å²) in [6, 6.07) is 7.81. The summed E-state index contributed by atoms with van der Waals surface area (Å²) in [4.78, 5) is 27.4. The van der Waals surface area contributed by atoms with Crippen LogP contribution < -0.4 is 0 Å². The predicted molar refractivity (Wildman–Crippen MR) is 132 cm³/mol. The lowest BCUT2D eigenvalue weighted by molar-refractivity contribution is -0.155. The van der Waals surface area contributed by atoms with E-state index in [0.717, 1.165) is 24.8 Å². The summed E-state index contributed by atoms with van der Waals surface area (Å²) in [7, 11) is 0. The van der Waals surface area contributed by atoms with Crippen molar-refractivity contribution in [2.24, 2.45) is 5.92 Å². The number of aromatic nitrogens is 2. The van der Waals surface area contributed by atoms with Crippen LogP contribution in [0.4, 0.5) is 4.39 Å². The van der Waals surface area contributed by atoms with E-state index in [1.807, 2.05) is 32.9 Å². The minimum atomic E-state index is -0.595. The Morgan fingerprint density at radius 1 is 1.24 bits per heavy atom. The topological polar surface area (TPSA) is 64.4 Å². The highest BCUT2D eigenvalue weighted by Crippen LogP contribution is 2.39. The summed E-state index contributed by atoms with van der Waals surface area (Å²) in [5.41, 5.74) is 1.61. The molecule has 2 heterocycles. The predicted octanol–water partition coefficient (Wildman–Crippen LogP) is 4.47. The van der Waals surface area contributed by atoms with Gasteiger partial charge in [0.25, 0.3) is 0 Å². The molecule has 0 amide bonds. The lowest BCUT2D eigenvalue weighted by Gasteiger charge is -2.37. The summed E-state index contributed by atoms with van der Waals surface area (Å²) >= 11 is 4.75. The number of hydrogen-bond donors (Lipinski definition) is 1. The summed E-state index contributed by atoms with van der Waals surface area (Å²) in [5, 5.41) is 4.50. The average Bonchev–Trinajstić information content (AvgIpc) is 3.51. The lowest BCUT2D eigenvalue weighted by atomic mass is 9.93. The molecule has 2 aromatic rings. The maximum absolute atomic E-state index is 14.7. The molecule has 2 unspecified atom stereocenters. The molecule has 0 spiro atoms. The molecule has 6 nitrogen and oxygen atoms in total. The number of rotatable bonds is 7. The van der Waals surface area contributed by atoms with Gasteiger partial charge in [-0.15, -0.1) is 0 Å². The third-order valence-corrected chi connectivity index (χ3v) is 6.61. The van der Waals surface area contributed by atoms with Crippen molar-refractivity contribution in [1.29, 1.82) is 0 Å². The normalized spacial score (nSPS) is 21.4. The van der Waals surface area contributed by atoms with Crippen molar-refractivity contribution in [3.63, 3.8) is 0 Å². The third-order valence-electron chi connectivity index (χ3n) is 6.02. The number of carbonyl (C=O) groups is 2. The van der Waals surface area contributed by atoms with Gasteiger partial charge in [0.1, 0.15) is 18.0 Å². The maximum atomic E-state index is 14.7. The monoisotopic (exact) mass is 485 g/mol. The van der Waals surface area contributed by atoms with Crippen molar-refractivity contribution >= 4 is 30.5 Å². The van der Waals surface area contributed by atoms with Gasteiger partial charge < -0.3 is 4.74 Å². The highest BCUT2D eigenvalue weighted by Gasteiger charge is 2.40. The summed E-state index contributed by atoms with van der Waals surface area (Å²) in [6.45, 7) is 6.68. The Bertz CT molecular complexity index is 1090. The second kappa shape index (κ2) is 10.0. The number of thiol groups is 1. The van der Waals surface area contributed by atoms with Gasteiger partial charge in [0.2, 0.25) is 0 Å². The molecule has 0 bridgehead atoms. The molecular formula is C26H32FN3O3S. The molecule has 1 aliphatic heterocycles. The van der Waals surface area contributed by atoms with Crippen molar-refractivity contribution < 1.29 is 18.7 Å². The minimum Gasteiger partial charge on any atom is -0.459 e. The number of ether oxygens (including phenoxy) is 1. The van der Waals surface area contributed by atoms with Crippen LogP contribution in [0.15, 0.2) is 42.1 Å². The van der Waals surface area contributed by atoms with Crippen molar-refractivity contribution in [2.45, 2.75) is 63.5 Å². The van der Waals surface area contributed by atoms with Crippen LogP contribution in [0.5, 0.6) is 0 Å². The Morgan fingerprint density at radius 2 is 1.97 bits per heavy atom. The SMILES string of the molecule is CC(C)(C)OC(=O)Cn1ccc(/C=C2/CN(C(C(=O)C3CC3)c3ccccc3F)CCC2S)n1. The van der Waals surface area contributed by atoms with E-state index >= 15 is 0 Å². The first-order valence-corrected chi connectivity index (χ1v) is 12.3.